The van der Waals surface area contributed by atoms with Gasteiger partial charge in [-0.15, -0.1) is 0 Å². The molecule has 9 heteroatoms. The second-order valence-electron chi connectivity index (χ2n) is 3.81. The van der Waals surface area contributed by atoms with E-state index in [1.54, 1.807) is 0 Å². The number of nitrogen functional groups attached to an aromatic ring is 1. The Bertz CT molecular complexity index is 708. The number of anilines is 1. The van der Waals surface area contributed by atoms with Gasteiger partial charge in [0.1, 0.15) is 10.8 Å². The highest BCUT2D eigenvalue weighted by Gasteiger charge is 2.20. The van der Waals surface area contributed by atoms with Gasteiger partial charge >= 0.3 is 5.97 Å². The van der Waals surface area contributed by atoms with E-state index in [0.717, 1.165) is 0 Å². The summed E-state index contributed by atoms with van der Waals surface area (Å²) < 4.78 is 9.44. The molecule has 21 heavy (non-hydrogen) atoms. The molecule has 0 amide bonds. The number of carbonyl (C=O) groups is 1. The third-order valence-electron chi connectivity index (χ3n) is 2.56. The van der Waals surface area contributed by atoms with Crippen molar-refractivity contribution in [1.82, 2.24) is 15.0 Å². The third-order valence-corrected chi connectivity index (χ3v) is 2.93. The van der Waals surface area contributed by atoms with Crippen LogP contribution in [-0.4, -0.2) is 40.2 Å². The summed E-state index contributed by atoms with van der Waals surface area (Å²) in [7, 11) is 2.59. The Labute approximate surface area is 124 Å². The third kappa shape index (κ3) is 2.79. The van der Waals surface area contributed by atoms with Crippen molar-refractivity contribution < 1.29 is 19.4 Å². The molecule has 0 aromatic carbocycles. The van der Waals surface area contributed by atoms with Crippen LogP contribution >= 0.6 is 11.6 Å². The highest BCUT2D eigenvalue weighted by atomic mass is 35.5. The van der Waals surface area contributed by atoms with Gasteiger partial charge in [-0.25, -0.2) is 14.8 Å². The number of pyridine rings is 1. The Balaban J connectivity index is 2.59. The van der Waals surface area contributed by atoms with Crippen LogP contribution in [-0.2, 0) is 4.74 Å². The van der Waals surface area contributed by atoms with E-state index in [1.165, 1.54) is 26.4 Å². The number of hydrogen-bond acceptors (Lipinski definition) is 8. The van der Waals surface area contributed by atoms with E-state index in [9.17, 15) is 9.90 Å². The number of rotatable bonds is 3. The molecule has 0 saturated carbocycles. The summed E-state index contributed by atoms with van der Waals surface area (Å²) in [5.74, 6) is -1.04. The number of halogens is 1. The molecule has 0 atom stereocenters. The summed E-state index contributed by atoms with van der Waals surface area (Å²) in [4.78, 5) is 23.3. The van der Waals surface area contributed by atoms with Crippen molar-refractivity contribution >= 4 is 23.4 Å². The van der Waals surface area contributed by atoms with Crippen LogP contribution in [0.15, 0.2) is 12.1 Å². The molecule has 0 aliphatic carbocycles. The molecule has 2 heterocycles. The molecule has 0 radical (unpaired) electrons. The predicted octanol–water partition coefficient (Wildman–Crippen LogP) is 1.27. The molecular weight excluding hydrogens is 300 g/mol. The summed E-state index contributed by atoms with van der Waals surface area (Å²) in [5, 5.41) is 9.74. The van der Waals surface area contributed by atoms with Gasteiger partial charge in [-0.2, -0.15) is 4.98 Å². The standard InChI is InChI=1S/C12H11ClN4O4/c1-20-6-4-3-5(11(18)15-6)10-16-8(12(19)21-2)7(13)9(14)17-10/h3-4H,1-2H3,(H,15,18)(H2,14,16,17). The number of nitrogens with two attached hydrogens (primary N) is 1. The Morgan fingerprint density at radius 2 is 2.00 bits per heavy atom. The zero-order valence-corrected chi connectivity index (χ0v) is 11.9. The molecule has 0 unspecified atom stereocenters. The first-order valence-corrected chi connectivity index (χ1v) is 6.01. The number of aromatic hydroxyl groups is 1. The second-order valence-corrected chi connectivity index (χ2v) is 4.19. The van der Waals surface area contributed by atoms with Gasteiger partial charge in [0.15, 0.2) is 11.5 Å². The summed E-state index contributed by atoms with van der Waals surface area (Å²) in [5.41, 5.74) is 5.61. The highest BCUT2D eigenvalue weighted by Crippen LogP contribution is 2.30. The molecule has 0 aliphatic rings. The Hall–Kier alpha value is -2.61. The van der Waals surface area contributed by atoms with E-state index in [2.05, 4.69) is 19.7 Å². The van der Waals surface area contributed by atoms with Gasteiger partial charge in [0, 0.05) is 6.07 Å². The minimum atomic E-state index is -0.767. The van der Waals surface area contributed by atoms with Crippen molar-refractivity contribution in [3.8, 4) is 23.1 Å². The average molecular weight is 311 g/mol. The SMILES string of the molecule is COC(=O)c1nc(-c2ccc(OC)nc2O)nc(N)c1Cl. The minimum Gasteiger partial charge on any atom is -0.493 e. The zero-order valence-electron chi connectivity index (χ0n) is 11.1. The maximum Gasteiger partial charge on any atom is 0.358 e. The van der Waals surface area contributed by atoms with Crippen molar-refractivity contribution in [3.63, 3.8) is 0 Å². The summed E-state index contributed by atoms with van der Waals surface area (Å²) in [6, 6.07) is 2.98. The Morgan fingerprint density at radius 3 is 2.57 bits per heavy atom. The quantitative estimate of drug-likeness (QED) is 0.813. The lowest BCUT2D eigenvalue weighted by Crippen LogP contribution is -2.10. The van der Waals surface area contributed by atoms with Gasteiger partial charge in [0.25, 0.3) is 0 Å². The van der Waals surface area contributed by atoms with Gasteiger partial charge in [0.2, 0.25) is 11.8 Å². The molecule has 2 rings (SSSR count). The van der Waals surface area contributed by atoms with Gasteiger partial charge in [0.05, 0.1) is 19.8 Å². The number of hydrogen-bond donors (Lipinski definition) is 2. The number of carbonyl (C=O) groups excluding carboxylic acids is 1. The molecule has 110 valence electrons. The fourth-order valence-corrected chi connectivity index (χ4v) is 1.70. The molecule has 0 bridgehead atoms. The van der Waals surface area contributed by atoms with E-state index >= 15 is 0 Å². The molecule has 0 aliphatic heterocycles. The number of nitrogens with zero attached hydrogens (tertiary/aromatic N) is 3. The molecule has 8 nitrogen and oxygen atoms in total. The Kier molecular flexibility index (Phi) is 4.08. The van der Waals surface area contributed by atoms with Crippen LogP contribution in [0.4, 0.5) is 5.82 Å². The van der Waals surface area contributed by atoms with Gasteiger partial charge < -0.3 is 20.3 Å². The molecule has 0 fully saturated rings. The lowest BCUT2D eigenvalue weighted by molar-refractivity contribution is 0.0594. The lowest BCUT2D eigenvalue weighted by Gasteiger charge is -2.08. The van der Waals surface area contributed by atoms with Crippen molar-refractivity contribution in [2.75, 3.05) is 20.0 Å². The molecule has 3 N–H and O–H groups in total. The summed E-state index contributed by atoms with van der Waals surface area (Å²) in [6.07, 6.45) is 0. The largest absolute Gasteiger partial charge is 0.493 e. The molecule has 0 spiro atoms. The fourth-order valence-electron chi connectivity index (χ4n) is 1.54. The number of aromatic nitrogens is 3. The zero-order chi connectivity index (χ0) is 15.6. The van der Waals surface area contributed by atoms with Crippen molar-refractivity contribution in [3.05, 3.63) is 22.8 Å². The molecule has 0 saturated heterocycles. The average Bonchev–Trinajstić information content (AvgIpc) is 2.49. The molecule has 2 aromatic heterocycles. The van der Waals surface area contributed by atoms with Gasteiger partial charge in [-0.3, -0.25) is 0 Å². The number of esters is 1. The van der Waals surface area contributed by atoms with Crippen molar-refractivity contribution in [2.24, 2.45) is 0 Å². The normalized spacial score (nSPS) is 10.2. The van der Waals surface area contributed by atoms with Crippen LogP contribution in [0.25, 0.3) is 11.4 Å². The summed E-state index contributed by atoms with van der Waals surface area (Å²) in [6.45, 7) is 0. The van der Waals surface area contributed by atoms with E-state index in [0.29, 0.717) is 0 Å². The predicted molar refractivity (Wildman–Crippen MR) is 74.2 cm³/mol. The topological polar surface area (TPSA) is 120 Å². The smallest absolute Gasteiger partial charge is 0.358 e. The highest BCUT2D eigenvalue weighted by molar-refractivity contribution is 6.35. The molecular formula is C12H11ClN4O4. The second kappa shape index (κ2) is 5.80. The number of ether oxygens (including phenoxy) is 2. The van der Waals surface area contributed by atoms with E-state index in [1.807, 2.05) is 0 Å². The maximum absolute atomic E-state index is 11.6. The van der Waals surface area contributed by atoms with Crippen molar-refractivity contribution in [2.45, 2.75) is 0 Å². The van der Waals surface area contributed by atoms with Crippen LogP contribution in [0.1, 0.15) is 10.5 Å². The van der Waals surface area contributed by atoms with E-state index in [4.69, 9.17) is 22.1 Å². The lowest BCUT2D eigenvalue weighted by atomic mass is 10.2. The van der Waals surface area contributed by atoms with Crippen LogP contribution in [0.5, 0.6) is 11.8 Å². The fraction of sp³-hybridized carbons (Fsp3) is 0.167. The van der Waals surface area contributed by atoms with Crippen LogP contribution in [0, 0.1) is 0 Å². The van der Waals surface area contributed by atoms with Crippen LogP contribution in [0.3, 0.4) is 0 Å². The van der Waals surface area contributed by atoms with Crippen molar-refractivity contribution in [1.29, 1.82) is 0 Å². The Morgan fingerprint density at radius 1 is 1.29 bits per heavy atom. The van der Waals surface area contributed by atoms with Gasteiger partial charge in [-0.05, 0) is 6.07 Å². The first-order chi connectivity index (χ1) is 9.97. The molecule has 2 aromatic rings. The number of methoxy groups -OCH3 is 2. The van der Waals surface area contributed by atoms with Crippen LogP contribution in [0.2, 0.25) is 5.02 Å². The maximum atomic E-state index is 11.6. The van der Waals surface area contributed by atoms with Gasteiger partial charge in [-0.1, -0.05) is 11.6 Å². The summed E-state index contributed by atoms with van der Waals surface area (Å²) >= 11 is 5.86. The first kappa shape index (κ1) is 14.8. The van der Waals surface area contributed by atoms with E-state index < -0.39 is 5.97 Å². The monoisotopic (exact) mass is 310 g/mol. The first-order valence-electron chi connectivity index (χ1n) is 5.63. The van der Waals surface area contributed by atoms with E-state index in [-0.39, 0.29) is 39.7 Å². The van der Waals surface area contributed by atoms with Crippen LogP contribution < -0.4 is 10.5 Å². The minimum absolute atomic E-state index is 0.00930.